The molecule has 27 heavy (non-hydrogen) atoms. The van der Waals surface area contributed by atoms with E-state index in [0.717, 1.165) is 15.8 Å². The zero-order chi connectivity index (χ0) is 19.4. The summed E-state index contributed by atoms with van der Waals surface area (Å²) in [5.41, 5.74) is 2.00. The fraction of sp³-hybridized carbons (Fsp3) is 0.200. The Bertz CT molecular complexity index is 897. The number of ether oxygens (including phenoxy) is 2. The van der Waals surface area contributed by atoms with Gasteiger partial charge in [0, 0.05) is 17.1 Å². The molecule has 0 saturated carbocycles. The normalized spacial score (nSPS) is 15.5. The first-order valence-electron chi connectivity index (χ1n) is 8.27. The molecule has 0 spiro atoms. The van der Waals surface area contributed by atoms with Crippen LogP contribution in [0.5, 0.6) is 11.5 Å². The zero-order valence-electron chi connectivity index (χ0n) is 14.9. The second kappa shape index (κ2) is 8.91. The SMILES string of the molecule is Cc1ccc(OCCOc2ccc(Br)cc2/C=C2\SC(=S)N(C)C2=O)cc1. The molecule has 3 rings (SSSR count). The van der Waals surface area contributed by atoms with E-state index in [-0.39, 0.29) is 5.91 Å². The Labute approximate surface area is 176 Å². The van der Waals surface area contributed by atoms with E-state index in [2.05, 4.69) is 15.9 Å². The highest BCUT2D eigenvalue weighted by Crippen LogP contribution is 2.34. The van der Waals surface area contributed by atoms with Gasteiger partial charge in [0.05, 0.1) is 4.91 Å². The molecule has 0 bridgehead atoms. The van der Waals surface area contributed by atoms with E-state index in [9.17, 15) is 4.79 Å². The Morgan fingerprint density at radius 3 is 2.52 bits per heavy atom. The number of nitrogens with zero attached hydrogens (tertiary/aromatic N) is 1. The number of aryl methyl sites for hydroxylation is 1. The van der Waals surface area contributed by atoms with Crippen LogP contribution >= 0.6 is 39.9 Å². The van der Waals surface area contributed by atoms with Gasteiger partial charge in [0.15, 0.2) is 0 Å². The van der Waals surface area contributed by atoms with Crippen molar-refractivity contribution in [1.29, 1.82) is 0 Å². The lowest BCUT2D eigenvalue weighted by molar-refractivity contribution is -0.121. The maximum absolute atomic E-state index is 12.2. The van der Waals surface area contributed by atoms with E-state index in [1.807, 2.05) is 55.5 Å². The van der Waals surface area contributed by atoms with Crippen LogP contribution in [-0.2, 0) is 4.79 Å². The van der Waals surface area contributed by atoms with Crippen molar-refractivity contribution >= 4 is 56.2 Å². The first-order valence-corrected chi connectivity index (χ1v) is 10.3. The highest BCUT2D eigenvalue weighted by atomic mass is 79.9. The summed E-state index contributed by atoms with van der Waals surface area (Å²) in [4.78, 5) is 14.3. The molecule has 1 aliphatic rings. The lowest BCUT2D eigenvalue weighted by Gasteiger charge is -2.11. The van der Waals surface area contributed by atoms with Gasteiger partial charge in [0.2, 0.25) is 0 Å². The molecular formula is C20H18BrNO3S2. The number of benzene rings is 2. The van der Waals surface area contributed by atoms with Crippen molar-refractivity contribution in [1.82, 2.24) is 4.90 Å². The first-order chi connectivity index (χ1) is 12.9. The summed E-state index contributed by atoms with van der Waals surface area (Å²) in [6, 6.07) is 13.6. The molecule has 0 atom stereocenters. The van der Waals surface area contributed by atoms with Crippen LogP contribution in [0.3, 0.4) is 0 Å². The Hall–Kier alpha value is -1.83. The molecule has 0 radical (unpaired) electrons. The summed E-state index contributed by atoms with van der Waals surface area (Å²) in [7, 11) is 1.68. The summed E-state index contributed by atoms with van der Waals surface area (Å²) >= 11 is 9.94. The number of halogens is 1. The Morgan fingerprint density at radius 1 is 1.15 bits per heavy atom. The molecule has 2 aromatic carbocycles. The van der Waals surface area contributed by atoms with Crippen LogP contribution in [0, 0.1) is 6.92 Å². The van der Waals surface area contributed by atoms with Crippen molar-refractivity contribution < 1.29 is 14.3 Å². The standard InChI is InChI=1S/C20H18BrNO3S2/c1-13-3-6-16(7-4-13)24-9-10-25-17-8-5-15(21)11-14(17)12-18-19(23)22(2)20(26)27-18/h3-8,11-12H,9-10H2,1-2H3/b18-12-. The minimum Gasteiger partial charge on any atom is -0.490 e. The van der Waals surface area contributed by atoms with Crippen LogP contribution in [0.2, 0.25) is 0 Å². The number of carbonyl (C=O) groups excluding carboxylic acids is 1. The van der Waals surface area contributed by atoms with Gasteiger partial charge in [-0.05, 0) is 43.3 Å². The number of carbonyl (C=O) groups is 1. The predicted molar refractivity (Wildman–Crippen MR) is 117 cm³/mol. The number of thiocarbonyl (C=S) groups is 1. The second-order valence-electron chi connectivity index (χ2n) is 5.93. The number of rotatable bonds is 6. The number of hydrogen-bond donors (Lipinski definition) is 0. The van der Waals surface area contributed by atoms with E-state index < -0.39 is 0 Å². The molecule has 140 valence electrons. The summed E-state index contributed by atoms with van der Waals surface area (Å²) < 4.78 is 13.0. The second-order valence-corrected chi connectivity index (χ2v) is 8.52. The molecule has 1 heterocycles. The van der Waals surface area contributed by atoms with Gasteiger partial charge in [0.25, 0.3) is 5.91 Å². The lowest BCUT2D eigenvalue weighted by atomic mass is 10.2. The smallest absolute Gasteiger partial charge is 0.265 e. The molecule has 1 aliphatic heterocycles. The van der Waals surface area contributed by atoms with E-state index in [0.29, 0.717) is 28.2 Å². The van der Waals surface area contributed by atoms with Crippen LogP contribution in [0.25, 0.3) is 6.08 Å². The minimum absolute atomic E-state index is 0.0985. The van der Waals surface area contributed by atoms with Gasteiger partial charge in [0.1, 0.15) is 29.0 Å². The van der Waals surface area contributed by atoms with Gasteiger partial charge in [-0.15, -0.1) is 0 Å². The summed E-state index contributed by atoms with van der Waals surface area (Å²) in [6.45, 7) is 2.86. The number of hydrogen-bond acceptors (Lipinski definition) is 5. The van der Waals surface area contributed by atoms with Crippen molar-refractivity contribution in [3.05, 3.63) is 63.0 Å². The number of thioether (sulfide) groups is 1. The van der Waals surface area contributed by atoms with Crippen molar-refractivity contribution in [2.45, 2.75) is 6.92 Å². The van der Waals surface area contributed by atoms with E-state index in [1.54, 1.807) is 7.05 Å². The summed E-state index contributed by atoms with van der Waals surface area (Å²) in [5, 5.41) is 0. The maximum Gasteiger partial charge on any atom is 0.265 e. The quantitative estimate of drug-likeness (QED) is 0.340. The zero-order valence-corrected chi connectivity index (χ0v) is 18.1. The van der Waals surface area contributed by atoms with Crippen molar-refractivity contribution in [3.8, 4) is 11.5 Å². The molecule has 0 aliphatic carbocycles. The molecule has 1 fully saturated rings. The van der Waals surface area contributed by atoms with Crippen LogP contribution in [0.15, 0.2) is 51.8 Å². The maximum atomic E-state index is 12.2. The molecule has 0 aromatic heterocycles. The van der Waals surface area contributed by atoms with Crippen LogP contribution in [-0.4, -0.2) is 35.4 Å². The van der Waals surface area contributed by atoms with Crippen molar-refractivity contribution in [2.24, 2.45) is 0 Å². The fourth-order valence-corrected chi connectivity index (χ4v) is 3.95. The molecule has 0 N–H and O–H groups in total. The molecule has 7 heteroatoms. The molecule has 0 unspecified atom stereocenters. The average Bonchev–Trinajstić information content (AvgIpc) is 2.88. The Morgan fingerprint density at radius 2 is 1.85 bits per heavy atom. The molecule has 1 amide bonds. The van der Waals surface area contributed by atoms with Crippen LogP contribution < -0.4 is 9.47 Å². The third-order valence-corrected chi connectivity index (χ3v) is 5.85. The van der Waals surface area contributed by atoms with Crippen LogP contribution in [0.4, 0.5) is 0 Å². The van der Waals surface area contributed by atoms with Gasteiger partial charge < -0.3 is 9.47 Å². The Kier molecular flexibility index (Phi) is 6.57. The largest absolute Gasteiger partial charge is 0.490 e. The third-order valence-electron chi connectivity index (χ3n) is 3.88. The minimum atomic E-state index is -0.0985. The molecular weight excluding hydrogens is 446 g/mol. The number of amides is 1. The topological polar surface area (TPSA) is 38.8 Å². The van der Waals surface area contributed by atoms with Crippen molar-refractivity contribution in [2.75, 3.05) is 20.3 Å². The van der Waals surface area contributed by atoms with Crippen molar-refractivity contribution in [3.63, 3.8) is 0 Å². The summed E-state index contributed by atoms with van der Waals surface area (Å²) in [5.74, 6) is 1.40. The molecule has 2 aromatic rings. The number of likely N-dealkylation sites (N-methyl/N-ethyl adjacent to an activating group) is 1. The lowest BCUT2D eigenvalue weighted by Crippen LogP contribution is -2.22. The highest BCUT2D eigenvalue weighted by molar-refractivity contribution is 9.10. The first kappa shape index (κ1) is 19.9. The van der Waals surface area contributed by atoms with Gasteiger partial charge in [-0.2, -0.15) is 0 Å². The van der Waals surface area contributed by atoms with Gasteiger partial charge >= 0.3 is 0 Å². The average molecular weight is 464 g/mol. The van der Waals surface area contributed by atoms with Crippen LogP contribution in [0.1, 0.15) is 11.1 Å². The van der Waals surface area contributed by atoms with E-state index in [1.165, 1.54) is 22.2 Å². The molecule has 1 saturated heterocycles. The molecule has 4 nitrogen and oxygen atoms in total. The third kappa shape index (κ3) is 5.12. The predicted octanol–water partition coefficient (Wildman–Crippen LogP) is 5.05. The monoisotopic (exact) mass is 463 g/mol. The van der Waals surface area contributed by atoms with Gasteiger partial charge in [-0.3, -0.25) is 9.69 Å². The summed E-state index contributed by atoms with van der Waals surface area (Å²) in [6.07, 6.45) is 1.81. The van der Waals surface area contributed by atoms with Gasteiger partial charge in [-0.25, -0.2) is 0 Å². The highest BCUT2D eigenvalue weighted by Gasteiger charge is 2.28. The van der Waals surface area contributed by atoms with E-state index in [4.69, 9.17) is 21.7 Å². The van der Waals surface area contributed by atoms with E-state index >= 15 is 0 Å². The Balaban J connectivity index is 1.66. The fourth-order valence-electron chi connectivity index (χ4n) is 2.40. The van der Waals surface area contributed by atoms with Gasteiger partial charge in [-0.1, -0.05) is 57.6 Å².